The maximum absolute atomic E-state index is 6.76. The molecule has 0 atom stereocenters. The average molecular weight is 462 g/mol. The Morgan fingerprint density at radius 1 is 0.970 bits per heavy atom. The van der Waals surface area contributed by atoms with Crippen molar-refractivity contribution in [3.63, 3.8) is 0 Å². The van der Waals surface area contributed by atoms with E-state index in [1.165, 1.54) is 5.56 Å². The fraction of sp³-hybridized carbons (Fsp3) is 0.370. The van der Waals surface area contributed by atoms with E-state index in [4.69, 9.17) is 16.6 Å². The smallest absolute Gasteiger partial charge is 0.152 e. The fourth-order valence-corrected chi connectivity index (χ4v) is 4.40. The zero-order chi connectivity index (χ0) is 23.0. The van der Waals surface area contributed by atoms with Gasteiger partial charge in [0, 0.05) is 36.8 Å². The summed E-state index contributed by atoms with van der Waals surface area (Å²) < 4.78 is 2.33. The maximum Gasteiger partial charge on any atom is 0.152 e. The second-order valence-corrected chi connectivity index (χ2v) is 8.88. The van der Waals surface area contributed by atoms with Crippen molar-refractivity contribution in [3.05, 3.63) is 77.5 Å². The van der Waals surface area contributed by atoms with Gasteiger partial charge in [0.05, 0.1) is 11.2 Å². The second kappa shape index (κ2) is 11.4. The standard InChI is InChI=1S/C27H32ClN5/c1-3-5-14-32(18-21-12-13-23-17-29-20-30-24(23)16-21)19-25-26(28)31-27(33(25)15-6-4-2)22-10-8-7-9-11-22/h7-13,16-17,20H,3-6,14-15,18-19H2,1-2H3. The quantitative estimate of drug-likeness (QED) is 0.248. The number of fused-ring (bicyclic) bond motifs is 1. The van der Waals surface area contributed by atoms with Gasteiger partial charge in [-0.15, -0.1) is 0 Å². The number of unbranched alkanes of at least 4 members (excludes halogenated alkanes) is 2. The molecule has 2 aromatic heterocycles. The van der Waals surface area contributed by atoms with Gasteiger partial charge in [0.1, 0.15) is 12.2 Å². The summed E-state index contributed by atoms with van der Waals surface area (Å²) in [6.45, 7) is 7.99. The molecule has 0 aliphatic heterocycles. The van der Waals surface area contributed by atoms with Gasteiger partial charge in [-0.25, -0.2) is 15.0 Å². The van der Waals surface area contributed by atoms with E-state index in [2.05, 4.69) is 75.7 Å². The Labute approximate surface area is 201 Å². The molecule has 5 nitrogen and oxygen atoms in total. The number of aromatic nitrogens is 4. The number of halogens is 1. The molecular weight excluding hydrogens is 430 g/mol. The third kappa shape index (κ3) is 5.79. The number of rotatable bonds is 11. The predicted molar refractivity (Wildman–Crippen MR) is 136 cm³/mol. The number of nitrogens with zero attached hydrogens (tertiary/aromatic N) is 5. The molecule has 33 heavy (non-hydrogen) atoms. The van der Waals surface area contributed by atoms with Crippen LogP contribution in [0.1, 0.15) is 50.8 Å². The van der Waals surface area contributed by atoms with Gasteiger partial charge in [0.2, 0.25) is 0 Å². The lowest BCUT2D eigenvalue weighted by atomic mass is 10.1. The minimum atomic E-state index is 0.609. The van der Waals surface area contributed by atoms with E-state index in [-0.39, 0.29) is 0 Å². The molecular formula is C27H32ClN5. The summed E-state index contributed by atoms with van der Waals surface area (Å²) in [6.07, 6.45) is 7.98. The Bertz CT molecular complexity index is 1170. The van der Waals surface area contributed by atoms with Gasteiger partial charge in [-0.2, -0.15) is 0 Å². The van der Waals surface area contributed by atoms with E-state index >= 15 is 0 Å². The Hall–Kier alpha value is -2.76. The largest absolute Gasteiger partial charge is 0.325 e. The summed E-state index contributed by atoms with van der Waals surface area (Å²) in [5.74, 6) is 0.960. The molecule has 6 heteroatoms. The van der Waals surface area contributed by atoms with Gasteiger partial charge < -0.3 is 4.57 Å². The van der Waals surface area contributed by atoms with Crippen LogP contribution < -0.4 is 0 Å². The van der Waals surface area contributed by atoms with E-state index in [1.807, 2.05) is 12.3 Å². The highest BCUT2D eigenvalue weighted by molar-refractivity contribution is 6.30. The molecule has 0 unspecified atom stereocenters. The van der Waals surface area contributed by atoms with Gasteiger partial charge in [-0.1, -0.05) is 80.8 Å². The van der Waals surface area contributed by atoms with Crippen molar-refractivity contribution in [3.8, 4) is 11.4 Å². The topological polar surface area (TPSA) is 46.8 Å². The lowest BCUT2D eigenvalue weighted by Gasteiger charge is -2.24. The number of imidazole rings is 1. The molecule has 0 radical (unpaired) electrons. The van der Waals surface area contributed by atoms with E-state index in [1.54, 1.807) is 6.33 Å². The highest BCUT2D eigenvalue weighted by atomic mass is 35.5. The summed E-state index contributed by atoms with van der Waals surface area (Å²) in [7, 11) is 0. The van der Waals surface area contributed by atoms with Crippen molar-refractivity contribution in [1.82, 2.24) is 24.4 Å². The molecule has 0 aliphatic rings. The minimum Gasteiger partial charge on any atom is -0.325 e. The third-order valence-corrected chi connectivity index (χ3v) is 6.27. The normalized spacial score (nSPS) is 11.5. The average Bonchev–Trinajstić information content (AvgIpc) is 3.16. The van der Waals surface area contributed by atoms with Crippen LogP contribution in [0.25, 0.3) is 22.3 Å². The molecule has 0 saturated heterocycles. The van der Waals surface area contributed by atoms with Gasteiger partial charge in [0.25, 0.3) is 0 Å². The van der Waals surface area contributed by atoms with E-state index in [9.17, 15) is 0 Å². The van der Waals surface area contributed by atoms with E-state index in [0.717, 1.165) is 79.8 Å². The van der Waals surface area contributed by atoms with Crippen LogP contribution in [0.5, 0.6) is 0 Å². The third-order valence-electron chi connectivity index (χ3n) is 5.97. The molecule has 4 aromatic rings. The molecule has 0 aliphatic carbocycles. The van der Waals surface area contributed by atoms with Crippen LogP contribution >= 0.6 is 11.6 Å². The summed E-state index contributed by atoms with van der Waals surface area (Å²) in [5, 5.41) is 1.67. The van der Waals surface area contributed by atoms with Crippen molar-refractivity contribution in [1.29, 1.82) is 0 Å². The predicted octanol–water partition coefficient (Wildman–Crippen LogP) is 6.75. The summed E-state index contributed by atoms with van der Waals surface area (Å²) in [6, 6.07) is 16.8. The summed E-state index contributed by atoms with van der Waals surface area (Å²) in [5.41, 5.74) is 4.44. The Morgan fingerprint density at radius 2 is 1.79 bits per heavy atom. The fourth-order valence-electron chi connectivity index (χ4n) is 4.16. The van der Waals surface area contributed by atoms with Crippen molar-refractivity contribution in [2.75, 3.05) is 6.54 Å². The van der Waals surface area contributed by atoms with E-state index < -0.39 is 0 Å². The Balaban J connectivity index is 1.64. The molecule has 0 amide bonds. The summed E-state index contributed by atoms with van der Waals surface area (Å²) >= 11 is 6.76. The highest BCUT2D eigenvalue weighted by Crippen LogP contribution is 2.28. The number of hydrogen-bond acceptors (Lipinski definition) is 4. The zero-order valence-corrected chi connectivity index (χ0v) is 20.3. The first kappa shape index (κ1) is 23.4. The van der Waals surface area contributed by atoms with Crippen LogP contribution in [0.15, 0.2) is 61.1 Å². The minimum absolute atomic E-state index is 0.609. The van der Waals surface area contributed by atoms with Gasteiger partial charge in [-0.3, -0.25) is 4.90 Å². The van der Waals surface area contributed by atoms with Crippen LogP contribution in [0, 0.1) is 0 Å². The molecule has 0 saturated carbocycles. The van der Waals surface area contributed by atoms with Crippen LogP contribution in [-0.4, -0.2) is 31.0 Å². The van der Waals surface area contributed by atoms with Gasteiger partial charge >= 0.3 is 0 Å². The zero-order valence-electron chi connectivity index (χ0n) is 19.5. The Kier molecular flexibility index (Phi) is 8.08. The molecule has 2 aromatic carbocycles. The number of hydrogen-bond donors (Lipinski definition) is 0. The highest BCUT2D eigenvalue weighted by Gasteiger charge is 2.19. The van der Waals surface area contributed by atoms with E-state index in [0.29, 0.717) is 5.15 Å². The molecule has 0 N–H and O–H groups in total. The lowest BCUT2D eigenvalue weighted by molar-refractivity contribution is 0.246. The molecule has 2 heterocycles. The molecule has 172 valence electrons. The van der Waals surface area contributed by atoms with Crippen LogP contribution in [0.4, 0.5) is 0 Å². The van der Waals surface area contributed by atoms with Crippen molar-refractivity contribution >= 4 is 22.5 Å². The van der Waals surface area contributed by atoms with Crippen LogP contribution in [-0.2, 0) is 19.6 Å². The van der Waals surface area contributed by atoms with Crippen molar-refractivity contribution < 1.29 is 0 Å². The first-order valence-corrected chi connectivity index (χ1v) is 12.3. The summed E-state index contributed by atoms with van der Waals surface area (Å²) in [4.78, 5) is 15.8. The van der Waals surface area contributed by atoms with Gasteiger partial charge in [-0.05, 0) is 31.0 Å². The van der Waals surface area contributed by atoms with Crippen molar-refractivity contribution in [2.24, 2.45) is 0 Å². The molecule has 4 rings (SSSR count). The SMILES string of the molecule is CCCCN(Cc1ccc2cncnc2c1)Cc1c(Cl)nc(-c2ccccc2)n1CCCC. The Morgan fingerprint density at radius 3 is 2.58 bits per heavy atom. The van der Waals surface area contributed by atoms with Crippen LogP contribution in [0.3, 0.4) is 0 Å². The monoisotopic (exact) mass is 461 g/mol. The number of benzene rings is 2. The molecule has 0 spiro atoms. The van der Waals surface area contributed by atoms with Gasteiger partial charge in [0.15, 0.2) is 5.15 Å². The molecule has 0 bridgehead atoms. The molecule has 0 fully saturated rings. The first-order valence-electron chi connectivity index (χ1n) is 11.9. The van der Waals surface area contributed by atoms with Crippen LogP contribution in [0.2, 0.25) is 5.15 Å². The lowest BCUT2D eigenvalue weighted by Crippen LogP contribution is -2.26. The van der Waals surface area contributed by atoms with Crippen molar-refractivity contribution in [2.45, 2.75) is 59.2 Å². The second-order valence-electron chi connectivity index (χ2n) is 8.52. The maximum atomic E-state index is 6.76. The first-order chi connectivity index (χ1) is 16.2.